The fourth-order valence-electron chi connectivity index (χ4n) is 1.53. The first-order valence-corrected chi connectivity index (χ1v) is 5.83. The fraction of sp³-hybridized carbons (Fsp3) is 0.727. The summed E-state index contributed by atoms with van der Waals surface area (Å²) in [6, 6.07) is 0. The van der Waals surface area contributed by atoms with Gasteiger partial charge in [0.1, 0.15) is 0 Å². The van der Waals surface area contributed by atoms with Gasteiger partial charge in [-0.2, -0.15) is 13.2 Å². The van der Waals surface area contributed by atoms with Crippen molar-refractivity contribution in [3.05, 3.63) is 12.4 Å². The zero-order valence-corrected chi connectivity index (χ0v) is 10.3. The number of rotatable bonds is 8. The predicted molar refractivity (Wildman–Crippen MR) is 62.5 cm³/mol. The van der Waals surface area contributed by atoms with E-state index in [1.54, 1.807) is 19.5 Å². The Bertz CT molecular complexity index is 339. The molecule has 0 spiro atoms. The van der Waals surface area contributed by atoms with Gasteiger partial charge >= 0.3 is 6.18 Å². The number of anilines is 1. The molecule has 0 unspecified atom stereocenters. The third kappa shape index (κ3) is 5.90. The molecule has 0 saturated heterocycles. The van der Waals surface area contributed by atoms with E-state index in [1.807, 2.05) is 4.57 Å². The lowest BCUT2D eigenvalue weighted by Crippen LogP contribution is -2.13. The van der Waals surface area contributed by atoms with Crippen molar-refractivity contribution in [1.29, 1.82) is 0 Å². The monoisotopic (exact) mass is 265 g/mol. The van der Waals surface area contributed by atoms with Crippen LogP contribution in [0.2, 0.25) is 0 Å². The first-order chi connectivity index (χ1) is 8.53. The highest BCUT2D eigenvalue weighted by molar-refractivity contribution is 5.25. The fourth-order valence-corrected chi connectivity index (χ4v) is 1.53. The molecule has 1 aromatic heterocycles. The minimum atomic E-state index is -4.06. The van der Waals surface area contributed by atoms with Crippen LogP contribution in [0, 0.1) is 0 Å². The number of unbranched alkanes of at least 4 members (excludes halogenated alkanes) is 1. The summed E-state index contributed by atoms with van der Waals surface area (Å²) in [7, 11) is 1.60. The lowest BCUT2D eigenvalue weighted by molar-refractivity contribution is -0.135. The van der Waals surface area contributed by atoms with E-state index in [-0.39, 0.29) is 6.42 Å². The third-order valence-corrected chi connectivity index (χ3v) is 2.41. The van der Waals surface area contributed by atoms with Crippen LogP contribution < -0.4 is 5.32 Å². The molecule has 4 nitrogen and oxygen atoms in total. The Morgan fingerprint density at radius 1 is 1.39 bits per heavy atom. The summed E-state index contributed by atoms with van der Waals surface area (Å²) < 4.78 is 42.6. The van der Waals surface area contributed by atoms with Crippen molar-refractivity contribution in [2.45, 2.75) is 32.0 Å². The summed E-state index contributed by atoms with van der Waals surface area (Å²) in [6.45, 7) is 1.71. The van der Waals surface area contributed by atoms with E-state index >= 15 is 0 Å². The van der Waals surface area contributed by atoms with Gasteiger partial charge in [-0.1, -0.05) is 0 Å². The molecular formula is C11H18F3N3O. The van der Waals surface area contributed by atoms with Gasteiger partial charge in [-0.3, -0.25) is 0 Å². The molecule has 0 aliphatic rings. The summed E-state index contributed by atoms with van der Waals surface area (Å²) in [5.74, 6) is 0.666. The topological polar surface area (TPSA) is 39.1 Å². The SMILES string of the molecule is COCCNc1nccn1CCCCC(F)(F)F. The number of aryl methyl sites for hydroxylation is 1. The van der Waals surface area contributed by atoms with E-state index in [0.717, 1.165) is 0 Å². The molecule has 18 heavy (non-hydrogen) atoms. The molecule has 1 aromatic rings. The Hall–Kier alpha value is -1.24. The molecule has 0 fully saturated rings. The van der Waals surface area contributed by atoms with E-state index in [2.05, 4.69) is 10.3 Å². The Morgan fingerprint density at radius 2 is 2.17 bits per heavy atom. The average molecular weight is 265 g/mol. The number of methoxy groups -OCH3 is 1. The van der Waals surface area contributed by atoms with Crippen LogP contribution in [-0.2, 0) is 11.3 Å². The van der Waals surface area contributed by atoms with Crippen LogP contribution in [0.25, 0.3) is 0 Å². The Balaban J connectivity index is 2.27. The van der Waals surface area contributed by atoms with E-state index in [9.17, 15) is 13.2 Å². The number of alkyl halides is 3. The third-order valence-electron chi connectivity index (χ3n) is 2.41. The van der Waals surface area contributed by atoms with Gasteiger partial charge in [0.05, 0.1) is 6.61 Å². The normalized spacial score (nSPS) is 11.8. The molecule has 0 aliphatic heterocycles. The van der Waals surface area contributed by atoms with Crippen molar-refractivity contribution in [2.75, 3.05) is 25.6 Å². The molecule has 1 heterocycles. The molecular weight excluding hydrogens is 247 g/mol. The lowest BCUT2D eigenvalue weighted by atomic mass is 10.2. The zero-order valence-electron chi connectivity index (χ0n) is 10.3. The first kappa shape index (κ1) is 14.8. The Labute approximate surface area is 104 Å². The smallest absolute Gasteiger partial charge is 0.383 e. The second kappa shape index (κ2) is 7.25. The average Bonchev–Trinajstić information content (AvgIpc) is 2.71. The Kier molecular flexibility index (Phi) is 5.97. The largest absolute Gasteiger partial charge is 0.389 e. The molecule has 1 N–H and O–H groups in total. The molecule has 0 atom stereocenters. The molecule has 0 aromatic carbocycles. The van der Waals surface area contributed by atoms with E-state index in [1.165, 1.54) is 0 Å². The predicted octanol–water partition coefficient (Wildman–Crippen LogP) is 2.67. The van der Waals surface area contributed by atoms with Crippen molar-refractivity contribution >= 4 is 5.95 Å². The van der Waals surface area contributed by atoms with Crippen molar-refractivity contribution in [1.82, 2.24) is 9.55 Å². The molecule has 0 saturated carbocycles. The van der Waals surface area contributed by atoms with Crippen LogP contribution in [0.5, 0.6) is 0 Å². The van der Waals surface area contributed by atoms with Gasteiger partial charge in [-0.25, -0.2) is 4.98 Å². The van der Waals surface area contributed by atoms with Crippen molar-refractivity contribution in [2.24, 2.45) is 0 Å². The van der Waals surface area contributed by atoms with Gasteiger partial charge in [-0.15, -0.1) is 0 Å². The quantitative estimate of drug-likeness (QED) is 0.734. The Morgan fingerprint density at radius 3 is 2.83 bits per heavy atom. The number of nitrogens with zero attached hydrogens (tertiary/aromatic N) is 2. The number of ether oxygens (including phenoxy) is 1. The van der Waals surface area contributed by atoms with Gasteiger partial charge in [0.2, 0.25) is 5.95 Å². The summed E-state index contributed by atoms with van der Waals surface area (Å²) in [4.78, 5) is 4.09. The van der Waals surface area contributed by atoms with Gasteiger partial charge in [-0.05, 0) is 12.8 Å². The summed E-state index contributed by atoms with van der Waals surface area (Å²) in [5, 5.41) is 3.06. The van der Waals surface area contributed by atoms with Gasteiger partial charge in [0, 0.05) is 39.0 Å². The minimum absolute atomic E-state index is 0.138. The number of hydrogen-bond acceptors (Lipinski definition) is 3. The van der Waals surface area contributed by atoms with Crippen LogP contribution >= 0.6 is 0 Å². The second-order valence-corrected chi connectivity index (χ2v) is 3.94. The number of hydrogen-bond donors (Lipinski definition) is 1. The zero-order chi connectivity index (χ0) is 13.4. The van der Waals surface area contributed by atoms with Gasteiger partial charge < -0.3 is 14.6 Å². The van der Waals surface area contributed by atoms with Crippen LogP contribution in [0.3, 0.4) is 0 Å². The van der Waals surface area contributed by atoms with E-state index in [4.69, 9.17) is 4.74 Å². The summed E-state index contributed by atoms with van der Waals surface area (Å²) >= 11 is 0. The summed E-state index contributed by atoms with van der Waals surface area (Å²) in [6.07, 6.45) is -0.793. The van der Waals surface area contributed by atoms with Crippen LogP contribution in [0.4, 0.5) is 19.1 Å². The van der Waals surface area contributed by atoms with Crippen LogP contribution in [0.15, 0.2) is 12.4 Å². The standard InChI is InChI=1S/C11H18F3N3O/c1-18-9-6-16-10-15-5-8-17(10)7-3-2-4-11(12,13)14/h5,8H,2-4,6-7,9H2,1H3,(H,15,16). The number of halogens is 3. The minimum Gasteiger partial charge on any atom is -0.383 e. The molecule has 7 heteroatoms. The van der Waals surface area contributed by atoms with Gasteiger partial charge in [0.15, 0.2) is 0 Å². The maximum absolute atomic E-state index is 12.0. The highest BCUT2D eigenvalue weighted by Crippen LogP contribution is 2.22. The number of imidazole rings is 1. The van der Waals surface area contributed by atoms with Crippen LogP contribution in [-0.4, -0.2) is 36.0 Å². The summed E-state index contributed by atoms with van der Waals surface area (Å²) in [5.41, 5.74) is 0. The molecule has 1 rings (SSSR count). The van der Waals surface area contributed by atoms with Gasteiger partial charge in [0.25, 0.3) is 0 Å². The first-order valence-electron chi connectivity index (χ1n) is 5.83. The van der Waals surface area contributed by atoms with Crippen LogP contribution in [0.1, 0.15) is 19.3 Å². The molecule has 0 amide bonds. The highest BCUT2D eigenvalue weighted by Gasteiger charge is 2.25. The second-order valence-electron chi connectivity index (χ2n) is 3.94. The maximum atomic E-state index is 12.0. The van der Waals surface area contributed by atoms with Crippen molar-refractivity contribution in [3.8, 4) is 0 Å². The number of aromatic nitrogens is 2. The van der Waals surface area contributed by atoms with Crippen molar-refractivity contribution in [3.63, 3.8) is 0 Å². The highest BCUT2D eigenvalue weighted by atomic mass is 19.4. The lowest BCUT2D eigenvalue weighted by Gasteiger charge is -2.10. The number of nitrogens with one attached hydrogen (secondary N) is 1. The van der Waals surface area contributed by atoms with E-state index in [0.29, 0.717) is 32.1 Å². The molecule has 0 radical (unpaired) electrons. The molecule has 104 valence electrons. The van der Waals surface area contributed by atoms with Crippen molar-refractivity contribution < 1.29 is 17.9 Å². The maximum Gasteiger partial charge on any atom is 0.389 e. The molecule has 0 bridgehead atoms. The molecule has 0 aliphatic carbocycles. The van der Waals surface area contributed by atoms with E-state index < -0.39 is 12.6 Å².